The smallest absolute Gasteiger partial charge is 0.229 e. The normalized spacial score (nSPS) is 17.9. The van der Waals surface area contributed by atoms with E-state index in [9.17, 15) is 10.1 Å². The van der Waals surface area contributed by atoms with Gasteiger partial charge in [0.2, 0.25) is 12.4 Å². The molecular weight excluding hydrogens is 464 g/mol. The lowest BCUT2D eigenvalue weighted by atomic mass is 9.92. The summed E-state index contributed by atoms with van der Waals surface area (Å²) in [5.74, 6) is 1.04. The summed E-state index contributed by atoms with van der Waals surface area (Å²) in [7, 11) is 0. The average molecular weight is 495 g/mol. The van der Waals surface area contributed by atoms with Gasteiger partial charge in [0.15, 0.2) is 5.82 Å². The minimum Gasteiger partial charge on any atom is -0.324 e. The average Bonchev–Trinajstić information content (AvgIpc) is 3.86. The number of nitrogens with zero attached hydrogens (tertiary/aromatic N) is 6. The Hall–Kier alpha value is -4.03. The Morgan fingerprint density at radius 1 is 1.19 bits per heavy atom. The van der Waals surface area contributed by atoms with Crippen LogP contribution in [-0.2, 0) is 22.2 Å². The minimum atomic E-state index is -0.533. The van der Waals surface area contributed by atoms with Crippen LogP contribution in [0.3, 0.4) is 0 Å². The molecule has 2 fully saturated rings. The fourth-order valence-corrected chi connectivity index (χ4v) is 5.30. The molecule has 0 saturated heterocycles. The van der Waals surface area contributed by atoms with Gasteiger partial charge < -0.3 is 10.6 Å². The molecule has 37 heavy (non-hydrogen) atoms. The summed E-state index contributed by atoms with van der Waals surface area (Å²) in [6.07, 6.45) is 9.23. The van der Waals surface area contributed by atoms with E-state index in [4.69, 9.17) is 4.98 Å². The molecule has 1 amide bonds. The van der Waals surface area contributed by atoms with Gasteiger partial charge in [-0.25, -0.2) is 9.99 Å². The third-order valence-corrected chi connectivity index (χ3v) is 7.78. The summed E-state index contributed by atoms with van der Waals surface area (Å²) in [4.78, 5) is 26.0. The molecule has 2 N–H and O–H groups in total. The van der Waals surface area contributed by atoms with Crippen LogP contribution >= 0.6 is 0 Å². The first-order valence-electron chi connectivity index (χ1n) is 12.9. The van der Waals surface area contributed by atoms with E-state index in [0.29, 0.717) is 18.3 Å². The zero-order valence-electron chi connectivity index (χ0n) is 21.2. The highest BCUT2D eigenvalue weighted by molar-refractivity contribution is 5.69. The number of aromatic nitrogens is 3. The topological polar surface area (TPSA) is 110 Å². The second-order valence-electron chi connectivity index (χ2n) is 10.2. The Morgan fingerprint density at radius 3 is 2.73 bits per heavy atom. The zero-order valence-corrected chi connectivity index (χ0v) is 21.2. The first-order valence-corrected chi connectivity index (χ1v) is 12.9. The number of amides is 1. The Balaban J connectivity index is 1.35. The highest BCUT2D eigenvalue weighted by Crippen LogP contribution is 2.49. The van der Waals surface area contributed by atoms with E-state index in [1.165, 1.54) is 24.0 Å². The summed E-state index contributed by atoms with van der Waals surface area (Å²) in [5, 5.41) is 20.1. The third-order valence-electron chi connectivity index (χ3n) is 7.78. The highest BCUT2D eigenvalue weighted by atomic mass is 16.1. The third kappa shape index (κ3) is 4.07. The number of rotatable bonds is 8. The van der Waals surface area contributed by atoms with E-state index in [2.05, 4.69) is 44.9 Å². The second-order valence-corrected chi connectivity index (χ2v) is 10.2. The number of aryl methyl sites for hydroxylation is 1. The lowest BCUT2D eigenvalue weighted by Gasteiger charge is -2.33. The van der Waals surface area contributed by atoms with Gasteiger partial charge in [-0.05, 0) is 81.3 Å². The zero-order chi connectivity index (χ0) is 25.6. The number of carbonyl (C=O) groups is 1. The van der Waals surface area contributed by atoms with Crippen molar-refractivity contribution in [1.82, 2.24) is 25.3 Å². The second kappa shape index (κ2) is 8.82. The maximum Gasteiger partial charge on any atom is 0.229 e. The summed E-state index contributed by atoms with van der Waals surface area (Å²) >= 11 is 0. The molecule has 0 radical (unpaired) electrons. The van der Waals surface area contributed by atoms with Crippen molar-refractivity contribution in [2.45, 2.75) is 56.9 Å². The molecule has 1 aromatic carbocycles. The number of nitriles is 1. The van der Waals surface area contributed by atoms with Gasteiger partial charge >= 0.3 is 0 Å². The van der Waals surface area contributed by atoms with Crippen LogP contribution in [0.4, 0.5) is 23.1 Å². The van der Waals surface area contributed by atoms with E-state index >= 15 is 0 Å². The van der Waals surface area contributed by atoms with Gasteiger partial charge in [0.25, 0.3) is 0 Å². The van der Waals surface area contributed by atoms with Gasteiger partial charge in [0.1, 0.15) is 0 Å². The Labute approximate surface area is 216 Å². The first kappa shape index (κ1) is 23.4. The number of nitrogens with one attached hydrogen (secondary N) is 2. The fourth-order valence-electron chi connectivity index (χ4n) is 5.30. The Morgan fingerprint density at radius 2 is 2.03 bits per heavy atom. The number of anilines is 4. The Bertz CT molecular complexity index is 1410. The maximum absolute atomic E-state index is 12.1. The summed E-state index contributed by atoms with van der Waals surface area (Å²) in [5.41, 5.74) is 5.63. The van der Waals surface area contributed by atoms with Crippen LogP contribution in [0.5, 0.6) is 0 Å². The van der Waals surface area contributed by atoms with Gasteiger partial charge in [-0.2, -0.15) is 10.2 Å². The first-order chi connectivity index (χ1) is 18.0. The van der Waals surface area contributed by atoms with Crippen LogP contribution in [0.25, 0.3) is 0 Å². The molecule has 3 aromatic rings. The molecule has 3 aliphatic rings. The van der Waals surface area contributed by atoms with Crippen molar-refractivity contribution in [3.8, 4) is 6.07 Å². The molecule has 0 bridgehead atoms. The molecule has 3 heterocycles. The molecule has 2 aliphatic carbocycles. The van der Waals surface area contributed by atoms with Gasteiger partial charge in [0.05, 0.1) is 22.9 Å². The van der Waals surface area contributed by atoms with Crippen LogP contribution in [0.15, 0.2) is 42.7 Å². The molecule has 9 heteroatoms. The SMILES string of the molecule is CCN(C=O)N(c1ccnc(C2(C#N)CC2)c1)c1nc(Nc2ccc3c(c2)CCNC32CC2)ncc1C. The van der Waals surface area contributed by atoms with Gasteiger partial charge in [-0.3, -0.25) is 14.8 Å². The van der Waals surface area contributed by atoms with Crippen molar-refractivity contribution in [1.29, 1.82) is 5.26 Å². The van der Waals surface area contributed by atoms with Crippen LogP contribution < -0.4 is 15.6 Å². The minimum absolute atomic E-state index is 0.187. The van der Waals surface area contributed by atoms with Crippen LogP contribution in [0.1, 0.15) is 55.0 Å². The quantitative estimate of drug-likeness (QED) is 0.355. The van der Waals surface area contributed by atoms with Crippen molar-refractivity contribution in [2.24, 2.45) is 0 Å². The van der Waals surface area contributed by atoms with E-state index in [1.807, 2.05) is 26.0 Å². The van der Waals surface area contributed by atoms with Crippen molar-refractivity contribution in [3.63, 3.8) is 0 Å². The van der Waals surface area contributed by atoms with Crippen LogP contribution in [-0.4, -0.2) is 39.5 Å². The molecule has 188 valence electrons. The predicted octanol–water partition coefficient (Wildman–Crippen LogP) is 4.15. The van der Waals surface area contributed by atoms with E-state index in [0.717, 1.165) is 54.8 Å². The van der Waals surface area contributed by atoms with Gasteiger partial charge in [-0.15, -0.1) is 0 Å². The van der Waals surface area contributed by atoms with Crippen molar-refractivity contribution in [2.75, 3.05) is 23.4 Å². The van der Waals surface area contributed by atoms with Gasteiger partial charge in [-0.1, -0.05) is 6.07 Å². The molecular formula is C28H30N8O. The standard InChI is InChI=1S/C28H30N8O/c1-3-35(18-37)36(22-7-12-30-24(15-22)27(17-29)8-9-27)25-19(2)16-31-26(34-25)33-21-4-5-23-20(14-21)6-13-32-28(23)10-11-28/h4-5,7,12,14-16,18,32H,3,6,8-11,13H2,1-2H3,(H,31,33,34). The number of benzene rings is 1. The number of carbonyl (C=O) groups excluding carboxylic acids is 1. The van der Waals surface area contributed by atoms with Crippen LogP contribution in [0, 0.1) is 18.3 Å². The predicted molar refractivity (Wildman–Crippen MR) is 140 cm³/mol. The summed E-state index contributed by atoms with van der Waals surface area (Å²) in [6.45, 7) is 5.27. The van der Waals surface area contributed by atoms with E-state index < -0.39 is 5.41 Å². The number of hydrazine groups is 1. The largest absolute Gasteiger partial charge is 0.324 e. The molecule has 1 aliphatic heterocycles. The number of pyridine rings is 1. The maximum atomic E-state index is 12.1. The number of hydrogen-bond donors (Lipinski definition) is 2. The monoisotopic (exact) mass is 494 g/mol. The molecule has 0 atom stereocenters. The van der Waals surface area contributed by atoms with Crippen molar-refractivity contribution >= 4 is 29.6 Å². The van der Waals surface area contributed by atoms with Gasteiger partial charge in [0, 0.05) is 42.3 Å². The lowest BCUT2D eigenvalue weighted by molar-refractivity contribution is -0.118. The summed E-state index contributed by atoms with van der Waals surface area (Å²) < 4.78 is 0. The molecule has 9 nitrogen and oxygen atoms in total. The van der Waals surface area contributed by atoms with Crippen molar-refractivity contribution in [3.05, 3.63) is 65.1 Å². The molecule has 2 aromatic heterocycles. The summed E-state index contributed by atoms with van der Waals surface area (Å²) in [6, 6.07) is 12.6. The van der Waals surface area contributed by atoms with E-state index in [1.54, 1.807) is 22.4 Å². The lowest BCUT2D eigenvalue weighted by Crippen LogP contribution is -2.39. The molecule has 0 unspecified atom stereocenters. The fraction of sp³-hybridized carbons (Fsp3) is 0.393. The van der Waals surface area contributed by atoms with Crippen LogP contribution in [0.2, 0.25) is 0 Å². The number of hydrogen-bond acceptors (Lipinski definition) is 8. The molecule has 2 saturated carbocycles. The molecule has 6 rings (SSSR count). The van der Waals surface area contributed by atoms with Crippen molar-refractivity contribution < 1.29 is 4.79 Å². The Kier molecular flexibility index (Phi) is 5.57. The van der Waals surface area contributed by atoms with E-state index in [-0.39, 0.29) is 5.54 Å². The highest BCUT2D eigenvalue weighted by Gasteiger charge is 2.47. The number of fused-ring (bicyclic) bond motifs is 2. The molecule has 1 spiro atoms.